The minimum Gasteiger partial charge on any atom is -0.496 e. The minimum atomic E-state index is -0.538. The molecular formula is C29H31N3O5. The third-order valence-electron chi connectivity index (χ3n) is 6.08. The first-order valence-electron chi connectivity index (χ1n) is 12.2. The highest BCUT2D eigenvalue weighted by molar-refractivity contribution is 6.07. The molecule has 3 aromatic carbocycles. The summed E-state index contributed by atoms with van der Waals surface area (Å²) in [4.78, 5) is 40.3. The van der Waals surface area contributed by atoms with Gasteiger partial charge in [-0.1, -0.05) is 30.3 Å². The van der Waals surface area contributed by atoms with Gasteiger partial charge in [0, 0.05) is 30.8 Å². The number of methoxy groups -OCH3 is 1. The standard InChI is InChI=1S/C29H31N3O5/c1-19(2)37-23-14-12-22(13-15-23)32-18-21(16-27(32)33)28(34)31-25-10-6-5-9-24(25)29(35)30-17-20-8-4-7-11-26(20)36-3/h4-15,19,21H,16-18H2,1-3H3,(H,30,35)(H,31,34)/t21-/m1/s1. The van der Waals surface area contributed by atoms with Crippen LogP contribution in [-0.4, -0.2) is 37.5 Å². The monoisotopic (exact) mass is 501 g/mol. The van der Waals surface area contributed by atoms with Crippen LogP contribution in [0.2, 0.25) is 0 Å². The van der Waals surface area contributed by atoms with Gasteiger partial charge in [0.25, 0.3) is 5.91 Å². The van der Waals surface area contributed by atoms with E-state index in [2.05, 4.69) is 10.6 Å². The largest absolute Gasteiger partial charge is 0.496 e. The van der Waals surface area contributed by atoms with Crippen molar-refractivity contribution in [2.24, 2.45) is 5.92 Å². The molecule has 1 heterocycles. The summed E-state index contributed by atoms with van der Waals surface area (Å²) in [6, 6.07) is 21.5. The Bertz CT molecular complexity index is 1270. The van der Waals surface area contributed by atoms with Crippen LogP contribution in [0.1, 0.15) is 36.2 Å². The van der Waals surface area contributed by atoms with Crippen molar-refractivity contribution in [2.75, 3.05) is 23.9 Å². The van der Waals surface area contributed by atoms with Gasteiger partial charge in [-0.25, -0.2) is 0 Å². The van der Waals surface area contributed by atoms with Crippen molar-refractivity contribution in [2.45, 2.75) is 32.9 Å². The smallest absolute Gasteiger partial charge is 0.253 e. The average molecular weight is 502 g/mol. The zero-order valence-electron chi connectivity index (χ0n) is 21.2. The van der Waals surface area contributed by atoms with E-state index in [1.165, 1.54) is 0 Å². The maximum absolute atomic E-state index is 13.1. The number of carbonyl (C=O) groups is 3. The molecule has 0 spiro atoms. The molecule has 0 aromatic heterocycles. The van der Waals surface area contributed by atoms with E-state index < -0.39 is 5.92 Å². The molecule has 0 bridgehead atoms. The lowest BCUT2D eigenvalue weighted by Gasteiger charge is -2.18. The van der Waals surface area contributed by atoms with Crippen molar-refractivity contribution in [3.63, 3.8) is 0 Å². The van der Waals surface area contributed by atoms with Crippen LogP contribution >= 0.6 is 0 Å². The number of nitrogens with zero attached hydrogens (tertiary/aromatic N) is 1. The molecule has 2 N–H and O–H groups in total. The Morgan fingerprint density at radius 1 is 1.00 bits per heavy atom. The van der Waals surface area contributed by atoms with Crippen molar-refractivity contribution < 1.29 is 23.9 Å². The molecule has 4 rings (SSSR count). The highest BCUT2D eigenvalue weighted by atomic mass is 16.5. The number of hydrogen-bond donors (Lipinski definition) is 2. The van der Waals surface area contributed by atoms with Crippen molar-refractivity contribution >= 4 is 29.1 Å². The van der Waals surface area contributed by atoms with Crippen LogP contribution in [0, 0.1) is 5.92 Å². The molecule has 37 heavy (non-hydrogen) atoms. The van der Waals surface area contributed by atoms with Crippen LogP contribution in [0.25, 0.3) is 0 Å². The summed E-state index contributed by atoms with van der Waals surface area (Å²) in [6.45, 7) is 4.43. The molecule has 0 aliphatic carbocycles. The highest BCUT2D eigenvalue weighted by Gasteiger charge is 2.35. The van der Waals surface area contributed by atoms with Gasteiger partial charge in [-0.15, -0.1) is 0 Å². The first-order chi connectivity index (χ1) is 17.9. The molecule has 8 nitrogen and oxygen atoms in total. The second-order valence-corrected chi connectivity index (χ2v) is 9.10. The van der Waals surface area contributed by atoms with Gasteiger partial charge >= 0.3 is 0 Å². The average Bonchev–Trinajstić information content (AvgIpc) is 3.29. The zero-order valence-corrected chi connectivity index (χ0v) is 21.2. The zero-order chi connectivity index (χ0) is 26.4. The molecule has 1 aliphatic rings. The molecule has 0 unspecified atom stereocenters. The molecule has 0 saturated carbocycles. The Balaban J connectivity index is 1.40. The van der Waals surface area contributed by atoms with Crippen molar-refractivity contribution in [3.05, 3.63) is 83.9 Å². The van der Waals surface area contributed by atoms with E-state index in [0.29, 0.717) is 22.7 Å². The molecule has 3 aromatic rings. The first-order valence-corrected chi connectivity index (χ1v) is 12.2. The number of hydrogen-bond acceptors (Lipinski definition) is 5. The number of rotatable bonds is 9. The number of nitrogens with one attached hydrogen (secondary N) is 2. The van der Waals surface area contributed by atoms with Crippen LogP contribution in [0.15, 0.2) is 72.8 Å². The van der Waals surface area contributed by atoms with E-state index in [-0.39, 0.29) is 43.3 Å². The number of amides is 3. The quantitative estimate of drug-likeness (QED) is 0.453. The molecule has 1 saturated heterocycles. The summed E-state index contributed by atoms with van der Waals surface area (Å²) in [6.07, 6.45) is 0.150. The van der Waals surface area contributed by atoms with Crippen molar-refractivity contribution in [1.82, 2.24) is 5.32 Å². The van der Waals surface area contributed by atoms with Crippen molar-refractivity contribution in [3.8, 4) is 11.5 Å². The second kappa shape index (κ2) is 11.6. The predicted octanol–water partition coefficient (Wildman–Crippen LogP) is 4.40. The van der Waals surface area contributed by atoms with Gasteiger partial charge in [0.05, 0.1) is 30.4 Å². The topological polar surface area (TPSA) is 97.0 Å². The molecule has 3 amide bonds. The van der Waals surface area contributed by atoms with E-state index >= 15 is 0 Å². The van der Waals surface area contributed by atoms with E-state index in [1.54, 1.807) is 36.3 Å². The summed E-state index contributed by atoms with van der Waals surface area (Å²) < 4.78 is 11.0. The summed E-state index contributed by atoms with van der Waals surface area (Å²) in [5.74, 6) is 0.113. The van der Waals surface area contributed by atoms with Crippen LogP contribution < -0.4 is 25.0 Å². The summed E-state index contributed by atoms with van der Waals surface area (Å²) >= 11 is 0. The predicted molar refractivity (Wildman–Crippen MR) is 142 cm³/mol. The molecule has 1 fully saturated rings. The molecule has 192 valence electrons. The second-order valence-electron chi connectivity index (χ2n) is 9.10. The minimum absolute atomic E-state index is 0.0541. The van der Waals surface area contributed by atoms with Crippen LogP contribution in [0.5, 0.6) is 11.5 Å². The number of para-hydroxylation sites is 2. The Kier molecular flexibility index (Phi) is 8.08. The van der Waals surface area contributed by atoms with E-state index in [9.17, 15) is 14.4 Å². The van der Waals surface area contributed by atoms with Gasteiger partial charge in [0.2, 0.25) is 11.8 Å². The van der Waals surface area contributed by atoms with Gasteiger partial charge in [0.1, 0.15) is 11.5 Å². The normalized spacial score (nSPS) is 15.0. The maximum atomic E-state index is 13.1. The van der Waals surface area contributed by atoms with Crippen LogP contribution in [0.4, 0.5) is 11.4 Å². The molecular weight excluding hydrogens is 470 g/mol. The summed E-state index contributed by atoms with van der Waals surface area (Å²) in [7, 11) is 1.58. The third-order valence-corrected chi connectivity index (χ3v) is 6.08. The van der Waals surface area contributed by atoms with Gasteiger partial charge in [0.15, 0.2) is 0 Å². The summed E-state index contributed by atoms with van der Waals surface area (Å²) in [5, 5.41) is 5.74. The molecule has 1 aliphatic heterocycles. The number of carbonyl (C=O) groups excluding carboxylic acids is 3. The Labute approximate surface area is 216 Å². The molecule has 8 heteroatoms. The van der Waals surface area contributed by atoms with Gasteiger partial charge in [-0.3, -0.25) is 14.4 Å². The van der Waals surface area contributed by atoms with Gasteiger partial charge in [-0.05, 0) is 56.3 Å². The van der Waals surface area contributed by atoms with Crippen LogP contribution in [0.3, 0.4) is 0 Å². The number of benzene rings is 3. The number of ether oxygens (including phenoxy) is 2. The fraction of sp³-hybridized carbons (Fsp3) is 0.276. The van der Waals surface area contributed by atoms with E-state index in [1.807, 2.05) is 62.4 Å². The lowest BCUT2D eigenvalue weighted by atomic mass is 10.1. The third kappa shape index (κ3) is 6.27. The van der Waals surface area contributed by atoms with E-state index in [4.69, 9.17) is 9.47 Å². The van der Waals surface area contributed by atoms with Gasteiger partial charge in [-0.2, -0.15) is 0 Å². The lowest BCUT2D eigenvalue weighted by Crippen LogP contribution is -2.29. The fourth-order valence-electron chi connectivity index (χ4n) is 4.25. The Morgan fingerprint density at radius 3 is 2.43 bits per heavy atom. The molecule has 1 atom stereocenters. The summed E-state index contributed by atoms with van der Waals surface area (Å²) in [5.41, 5.74) is 2.29. The lowest BCUT2D eigenvalue weighted by molar-refractivity contribution is -0.122. The maximum Gasteiger partial charge on any atom is 0.253 e. The van der Waals surface area contributed by atoms with Crippen LogP contribution in [-0.2, 0) is 16.1 Å². The number of anilines is 2. The highest BCUT2D eigenvalue weighted by Crippen LogP contribution is 2.28. The fourth-order valence-corrected chi connectivity index (χ4v) is 4.25. The first kappa shape index (κ1) is 25.8. The van der Waals surface area contributed by atoms with Crippen molar-refractivity contribution in [1.29, 1.82) is 0 Å². The SMILES string of the molecule is COc1ccccc1CNC(=O)c1ccccc1NC(=O)[C@@H]1CC(=O)N(c2ccc(OC(C)C)cc2)C1. The van der Waals surface area contributed by atoms with Gasteiger partial charge < -0.3 is 25.0 Å². The molecule has 0 radical (unpaired) electrons. The Morgan fingerprint density at radius 2 is 1.70 bits per heavy atom. The Hall–Kier alpha value is -4.33. The van der Waals surface area contributed by atoms with E-state index in [0.717, 1.165) is 11.3 Å².